The number of hydrogen-bond donors (Lipinski definition) is 1. The molecule has 1 heterocycles. The Morgan fingerprint density at radius 2 is 2.11 bits per heavy atom. The molecule has 0 aromatic heterocycles. The number of rotatable bonds is 2. The summed E-state index contributed by atoms with van der Waals surface area (Å²) in [5.74, 6) is 0.585. The van der Waals surface area contributed by atoms with Gasteiger partial charge in [-0.1, -0.05) is 6.42 Å². The maximum Gasteiger partial charge on any atom is 0.241 e. The number of nitrogens with zero attached hydrogens (tertiary/aromatic N) is 2. The molecule has 2 amide bonds. The average molecular weight is 267 g/mol. The van der Waals surface area contributed by atoms with Crippen LogP contribution in [0.3, 0.4) is 0 Å². The van der Waals surface area contributed by atoms with Crippen molar-refractivity contribution >= 4 is 11.8 Å². The van der Waals surface area contributed by atoms with Gasteiger partial charge in [-0.05, 0) is 31.6 Å². The minimum atomic E-state index is 0.0474. The molecule has 19 heavy (non-hydrogen) atoms. The molecule has 1 aliphatic carbocycles. The van der Waals surface area contributed by atoms with E-state index in [1.807, 2.05) is 0 Å². The fourth-order valence-corrected chi connectivity index (χ4v) is 3.09. The summed E-state index contributed by atoms with van der Waals surface area (Å²) in [5, 5.41) is 0. The molecule has 2 unspecified atom stereocenters. The van der Waals surface area contributed by atoms with Crippen LogP contribution in [0, 0.1) is 5.92 Å². The van der Waals surface area contributed by atoms with Crippen molar-refractivity contribution < 1.29 is 9.59 Å². The second kappa shape index (κ2) is 6.37. The summed E-state index contributed by atoms with van der Waals surface area (Å²) < 4.78 is 0. The highest BCUT2D eigenvalue weighted by molar-refractivity contribution is 5.85. The predicted octanol–water partition coefficient (Wildman–Crippen LogP) is 0.585. The quantitative estimate of drug-likeness (QED) is 0.796. The standard InChI is InChI=1S/C14H25N3O2/c1-16-6-3-7-17(10-14(16)19)13(18)9-11-4-2-5-12(15)8-11/h11-12H,2-10,15H2,1H3. The SMILES string of the molecule is CN1CCCN(C(=O)CC2CCCC(N)C2)CC1=O. The topological polar surface area (TPSA) is 66.6 Å². The van der Waals surface area contributed by atoms with E-state index < -0.39 is 0 Å². The Kier molecular flexibility index (Phi) is 4.80. The zero-order chi connectivity index (χ0) is 13.8. The van der Waals surface area contributed by atoms with Crippen LogP contribution in [-0.4, -0.2) is 54.3 Å². The van der Waals surface area contributed by atoms with Gasteiger partial charge in [0.2, 0.25) is 11.8 Å². The Morgan fingerprint density at radius 1 is 1.32 bits per heavy atom. The number of likely N-dealkylation sites (N-methyl/N-ethyl adjacent to an activating group) is 1. The first-order chi connectivity index (χ1) is 9.06. The Labute approximate surface area is 115 Å². The molecular weight excluding hydrogens is 242 g/mol. The van der Waals surface area contributed by atoms with Gasteiger partial charge in [-0.3, -0.25) is 9.59 Å². The van der Waals surface area contributed by atoms with Crippen LogP contribution in [0.4, 0.5) is 0 Å². The van der Waals surface area contributed by atoms with E-state index in [4.69, 9.17) is 5.73 Å². The van der Waals surface area contributed by atoms with Gasteiger partial charge in [0.05, 0.1) is 6.54 Å². The highest BCUT2D eigenvalue weighted by Crippen LogP contribution is 2.26. The Hall–Kier alpha value is -1.10. The molecule has 0 spiro atoms. The molecule has 5 nitrogen and oxygen atoms in total. The molecule has 2 fully saturated rings. The normalized spacial score (nSPS) is 29.3. The summed E-state index contributed by atoms with van der Waals surface area (Å²) in [7, 11) is 1.80. The zero-order valence-corrected chi connectivity index (χ0v) is 11.8. The van der Waals surface area contributed by atoms with E-state index in [-0.39, 0.29) is 24.4 Å². The van der Waals surface area contributed by atoms with Gasteiger partial charge in [0, 0.05) is 32.6 Å². The van der Waals surface area contributed by atoms with Gasteiger partial charge >= 0.3 is 0 Å². The second-order valence-corrected chi connectivity index (χ2v) is 5.98. The van der Waals surface area contributed by atoms with Crippen molar-refractivity contribution in [3.8, 4) is 0 Å². The molecular formula is C14H25N3O2. The maximum atomic E-state index is 12.3. The smallest absolute Gasteiger partial charge is 0.241 e. The number of carbonyl (C=O) groups is 2. The fourth-order valence-electron chi connectivity index (χ4n) is 3.09. The van der Waals surface area contributed by atoms with Gasteiger partial charge in [0.15, 0.2) is 0 Å². The minimum Gasteiger partial charge on any atom is -0.344 e. The molecule has 2 rings (SSSR count). The van der Waals surface area contributed by atoms with Gasteiger partial charge in [-0.2, -0.15) is 0 Å². The number of hydrogen-bond acceptors (Lipinski definition) is 3. The molecule has 0 bridgehead atoms. The fraction of sp³-hybridized carbons (Fsp3) is 0.857. The van der Waals surface area contributed by atoms with E-state index in [0.717, 1.165) is 38.6 Å². The molecule has 1 saturated heterocycles. The van der Waals surface area contributed by atoms with Gasteiger partial charge in [-0.15, -0.1) is 0 Å². The highest BCUT2D eigenvalue weighted by Gasteiger charge is 2.27. The van der Waals surface area contributed by atoms with Crippen LogP contribution >= 0.6 is 0 Å². The lowest BCUT2D eigenvalue weighted by atomic mass is 9.84. The first-order valence-corrected chi connectivity index (χ1v) is 7.33. The first-order valence-electron chi connectivity index (χ1n) is 7.33. The van der Waals surface area contributed by atoms with Gasteiger partial charge < -0.3 is 15.5 Å². The maximum absolute atomic E-state index is 12.3. The van der Waals surface area contributed by atoms with Crippen LogP contribution in [-0.2, 0) is 9.59 Å². The summed E-state index contributed by atoms with van der Waals surface area (Å²) >= 11 is 0. The first kappa shape index (κ1) is 14.3. The number of nitrogens with two attached hydrogens (primary N) is 1. The van der Waals surface area contributed by atoms with Gasteiger partial charge in [0.1, 0.15) is 0 Å². The van der Waals surface area contributed by atoms with Crippen molar-refractivity contribution in [2.24, 2.45) is 11.7 Å². The molecule has 0 radical (unpaired) electrons. The molecule has 2 aliphatic rings. The molecule has 1 saturated carbocycles. The third kappa shape index (κ3) is 3.93. The zero-order valence-electron chi connectivity index (χ0n) is 11.8. The summed E-state index contributed by atoms with van der Waals surface area (Å²) in [6, 6.07) is 0.253. The molecule has 2 N–H and O–H groups in total. The van der Waals surface area contributed by atoms with Crippen molar-refractivity contribution in [2.75, 3.05) is 26.7 Å². The molecule has 0 aromatic rings. The van der Waals surface area contributed by atoms with Crippen molar-refractivity contribution in [2.45, 2.75) is 44.6 Å². The lowest BCUT2D eigenvalue weighted by Gasteiger charge is -2.28. The highest BCUT2D eigenvalue weighted by atomic mass is 16.2. The van der Waals surface area contributed by atoms with Crippen LogP contribution in [0.15, 0.2) is 0 Å². The average Bonchev–Trinajstić information content (AvgIpc) is 2.52. The predicted molar refractivity (Wildman–Crippen MR) is 73.4 cm³/mol. The van der Waals surface area contributed by atoms with E-state index >= 15 is 0 Å². The van der Waals surface area contributed by atoms with Crippen molar-refractivity contribution in [1.29, 1.82) is 0 Å². The second-order valence-electron chi connectivity index (χ2n) is 5.98. The van der Waals surface area contributed by atoms with Crippen LogP contribution in [0.5, 0.6) is 0 Å². The summed E-state index contributed by atoms with van der Waals surface area (Å²) in [6.45, 7) is 1.69. The van der Waals surface area contributed by atoms with Crippen molar-refractivity contribution in [3.05, 3.63) is 0 Å². The van der Waals surface area contributed by atoms with Gasteiger partial charge in [0.25, 0.3) is 0 Å². The lowest BCUT2D eigenvalue weighted by molar-refractivity contribution is -0.138. The van der Waals surface area contributed by atoms with Crippen LogP contribution in [0.1, 0.15) is 38.5 Å². The third-order valence-corrected chi connectivity index (χ3v) is 4.31. The summed E-state index contributed by atoms with van der Waals surface area (Å²) in [4.78, 5) is 27.5. The molecule has 1 aliphatic heterocycles. The van der Waals surface area contributed by atoms with Crippen LogP contribution in [0.2, 0.25) is 0 Å². The summed E-state index contributed by atoms with van der Waals surface area (Å²) in [5.41, 5.74) is 5.96. The van der Waals surface area contributed by atoms with Crippen LogP contribution in [0.25, 0.3) is 0 Å². The molecule has 108 valence electrons. The largest absolute Gasteiger partial charge is 0.344 e. The van der Waals surface area contributed by atoms with E-state index in [1.54, 1.807) is 16.8 Å². The van der Waals surface area contributed by atoms with Gasteiger partial charge in [-0.25, -0.2) is 0 Å². The Balaban J connectivity index is 1.86. The summed E-state index contributed by atoms with van der Waals surface area (Å²) in [6.07, 6.45) is 5.69. The van der Waals surface area contributed by atoms with E-state index in [1.165, 1.54) is 0 Å². The third-order valence-electron chi connectivity index (χ3n) is 4.31. The Morgan fingerprint density at radius 3 is 2.84 bits per heavy atom. The van der Waals surface area contributed by atoms with Crippen molar-refractivity contribution in [1.82, 2.24) is 9.80 Å². The Bertz CT molecular complexity index is 346. The molecule has 5 heteroatoms. The number of amides is 2. The van der Waals surface area contributed by atoms with Crippen LogP contribution < -0.4 is 5.73 Å². The van der Waals surface area contributed by atoms with Crippen molar-refractivity contribution in [3.63, 3.8) is 0 Å². The van der Waals surface area contributed by atoms with E-state index in [9.17, 15) is 9.59 Å². The van der Waals surface area contributed by atoms with E-state index in [2.05, 4.69) is 0 Å². The van der Waals surface area contributed by atoms with E-state index in [0.29, 0.717) is 18.9 Å². The minimum absolute atomic E-state index is 0.0474. The molecule has 0 aromatic carbocycles. The lowest BCUT2D eigenvalue weighted by Crippen LogP contribution is -2.39. The number of carbonyl (C=O) groups excluding carboxylic acids is 2. The monoisotopic (exact) mass is 267 g/mol. The molecule has 2 atom stereocenters.